The Morgan fingerprint density at radius 2 is 1.77 bits per heavy atom. The second kappa shape index (κ2) is 7.12. The van der Waals surface area contributed by atoms with Gasteiger partial charge in [-0.3, -0.25) is 0 Å². The van der Waals surface area contributed by atoms with Gasteiger partial charge in [-0.05, 0) is 43.2 Å². The molecule has 5 nitrogen and oxygen atoms in total. The molecule has 2 aromatic carbocycles. The van der Waals surface area contributed by atoms with Gasteiger partial charge in [0.15, 0.2) is 0 Å². The standard InChI is InChI=1S/C21H23NO4/c1-21(2,3)26-20(23)22-19(17-12-13-18(24-4)25-17)16-11-7-9-14-8-5-6-10-15(14)16/h5-13,19H,1-4H3,(H,22,23)/t19-/m1/s1. The monoisotopic (exact) mass is 353 g/mol. The number of fused-ring (bicyclic) bond motifs is 1. The summed E-state index contributed by atoms with van der Waals surface area (Å²) >= 11 is 0. The van der Waals surface area contributed by atoms with Gasteiger partial charge in [0.05, 0.1) is 7.11 Å². The Hall–Kier alpha value is -2.95. The molecule has 0 unspecified atom stereocenters. The molecule has 0 aliphatic carbocycles. The summed E-state index contributed by atoms with van der Waals surface area (Å²) in [6.45, 7) is 5.49. The summed E-state index contributed by atoms with van der Waals surface area (Å²) in [5.74, 6) is 0.959. The van der Waals surface area contributed by atoms with Crippen molar-refractivity contribution in [2.45, 2.75) is 32.4 Å². The number of carbonyl (C=O) groups excluding carboxylic acids is 1. The molecule has 3 rings (SSSR count). The molecule has 1 N–H and O–H groups in total. The van der Waals surface area contributed by atoms with Crippen LogP contribution in [0.1, 0.15) is 38.1 Å². The van der Waals surface area contributed by atoms with Crippen molar-refractivity contribution in [2.75, 3.05) is 7.11 Å². The molecule has 0 aliphatic rings. The fraction of sp³-hybridized carbons (Fsp3) is 0.286. The maximum absolute atomic E-state index is 12.4. The number of hydrogen-bond acceptors (Lipinski definition) is 4. The van der Waals surface area contributed by atoms with Crippen LogP contribution in [0, 0.1) is 0 Å². The number of rotatable bonds is 4. The van der Waals surface area contributed by atoms with Gasteiger partial charge < -0.3 is 19.2 Å². The fourth-order valence-electron chi connectivity index (χ4n) is 2.83. The van der Waals surface area contributed by atoms with E-state index in [-0.39, 0.29) is 0 Å². The first kappa shape index (κ1) is 17.9. The summed E-state index contributed by atoms with van der Waals surface area (Å²) in [5.41, 5.74) is 0.333. The number of amides is 1. The zero-order valence-electron chi connectivity index (χ0n) is 15.4. The molecule has 0 aliphatic heterocycles. The van der Waals surface area contributed by atoms with Crippen molar-refractivity contribution in [1.29, 1.82) is 0 Å². The molecule has 0 spiro atoms. The minimum absolute atomic E-state index is 0.385. The predicted octanol–water partition coefficient (Wildman–Crippen LogP) is 5.06. The van der Waals surface area contributed by atoms with Gasteiger partial charge in [0, 0.05) is 6.07 Å². The maximum Gasteiger partial charge on any atom is 0.408 e. The molecule has 26 heavy (non-hydrogen) atoms. The molecule has 136 valence electrons. The number of benzene rings is 2. The highest BCUT2D eigenvalue weighted by Gasteiger charge is 2.25. The topological polar surface area (TPSA) is 60.7 Å². The summed E-state index contributed by atoms with van der Waals surface area (Å²) in [4.78, 5) is 12.4. The van der Waals surface area contributed by atoms with E-state index in [0.29, 0.717) is 11.7 Å². The van der Waals surface area contributed by atoms with E-state index in [1.807, 2.05) is 63.2 Å². The molecule has 1 atom stereocenters. The minimum atomic E-state index is -0.589. The molecule has 0 radical (unpaired) electrons. The smallest absolute Gasteiger partial charge is 0.408 e. The molecule has 1 amide bonds. The van der Waals surface area contributed by atoms with Crippen LogP contribution in [0.2, 0.25) is 0 Å². The van der Waals surface area contributed by atoms with Crippen LogP contribution in [0.4, 0.5) is 4.79 Å². The van der Waals surface area contributed by atoms with Crippen molar-refractivity contribution in [3.05, 3.63) is 65.9 Å². The molecule has 0 bridgehead atoms. The number of nitrogens with one attached hydrogen (secondary N) is 1. The quantitative estimate of drug-likeness (QED) is 0.712. The fourth-order valence-corrected chi connectivity index (χ4v) is 2.83. The van der Waals surface area contributed by atoms with Gasteiger partial charge in [0.25, 0.3) is 5.95 Å². The largest absolute Gasteiger partial charge is 0.468 e. The first-order valence-corrected chi connectivity index (χ1v) is 8.48. The molecule has 1 heterocycles. The number of alkyl carbamates (subject to hydrolysis) is 1. The van der Waals surface area contributed by atoms with Gasteiger partial charge in [0.2, 0.25) is 0 Å². The Kier molecular flexibility index (Phi) is 4.89. The van der Waals surface area contributed by atoms with Gasteiger partial charge in [0.1, 0.15) is 17.4 Å². The number of ether oxygens (including phenoxy) is 2. The number of carbonyl (C=O) groups is 1. The lowest BCUT2D eigenvalue weighted by molar-refractivity contribution is 0.0506. The average molecular weight is 353 g/mol. The molecule has 3 aromatic rings. The lowest BCUT2D eigenvalue weighted by atomic mass is 9.97. The van der Waals surface area contributed by atoms with Crippen LogP contribution in [0.15, 0.2) is 59.0 Å². The van der Waals surface area contributed by atoms with Crippen molar-refractivity contribution >= 4 is 16.9 Å². The van der Waals surface area contributed by atoms with Crippen LogP contribution >= 0.6 is 0 Å². The number of furan rings is 1. The highest BCUT2D eigenvalue weighted by Crippen LogP contribution is 2.32. The molecular formula is C21H23NO4. The van der Waals surface area contributed by atoms with Crippen LogP contribution in [0.25, 0.3) is 10.8 Å². The lowest BCUT2D eigenvalue weighted by Gasteiger charge is -2.23. The Labute approximate surface area is 152 Å². The second-order valence-electron chi connectivity index (χ2n) is 7.01. The minimum Gasteiger partial charge on any atom is -0.468 e. The van der Waals surface area contributed by atoms with Crippen molar-refractivity contribution in [1.82, 2.24) is 5.32 Å². The normalized spacial score (nSPS) is 12.6. The van der Waals surface area contributed by atoms with Crippen LogP contribution in [0.5, 0.6) is 5.95 Å². The average Bonchev–Trinajstić information content (AvgIpc) is 3.07. The summed E-state index contributed by atoms with van der Waals surface area (Å²) in [6, 6.07) is 17.0. The molecule has 0 fully saturated rings. The zero-order chi connectivity index (χ0) is 18.7. The third-order valence-corrected chi connectivity index (χ3v) is 3.88. The van der Waals surface area contributed by atoms with E-state index >= 15 is 0 Å². The van der Waals surface area contributed by atoms with Gasteiger partial charge in [-0.1, -0.05) is 42.5 Å². The van der Waals surface area contributed by atoms with E-state index in [0.717, 1.165) is 16.3 Å². The molecule has 1 aromatic heterocycles. The van der Waals surface area contributed by atoms with Gasteiger partial charge in [-0.25, -0.2) is 4.79 Å². The van der Waals surface area contributed by atoms with E-state index in [1.165, 1.54) is 7.11 Å². The van der Waals surface area contributed by atoms with Crippen molar-refractivity contribution in [3.63, 3.8) is 0 Å². The Bertz CT molecular complexity index is 902. The van der Waals surface area contributed by atoms with Crippen molar-refractivity contribution < 1.29 is 18.7 Å². The molecule has 0 saturated carbocycles. The zero-order valence-corrected chi connectivity index (χ0v) is 15.4. The van der Waals surface area contributed by atoms with Crippen molar-refractivity contribution in [2.24, 2.45) is 0 Å². The van der Waals surface area contributed by atoms with E-state index in [9.17, 15) is 4.79 Å². The summed E-state index contributed by atoms with van der Waals surface area (Å²) in [5, 5.41) is 5.04. The molecular weight excluding hydrogens is 330 g/mol. The summed E-state index contributed by atoms with van der Waals surface area (Å²) in [7, 11) is 1.54. The maximum atomic E-state index is 12.4. The first-order chi connectivity index (χ1) is 12.4. The van der Waals surface area contributed by atoms with Gasteiger partial charge in [-0.15, -0.1) is 0 Å². The van der Waals surface area contributed by atoms with Crippen LogP contribution in [-0.4, -0.2) is 18.8 Å². The number of hydrogen-bond donors (Lipinski definition) is 1. The van der Waals surface area contributed by atoms with Crippen LogP contribution in [-0.2, 0) is 4.74 Å². The first-order valence-electron chi connectivity index (χ1n) is 8.48. The van der Waals surface area contributed by atoms with E-state index < -0.39 is 17.7 Å². The van der Waals surface area contributed by atoms with E-state index in [4.69, 9.17) is 13.9 Å². The van der Waals surface area contributed by atoms with Crippen molar-refractivity contribution in [3.8, 4) is 5.95 Å². The van der Waals surface area contributed by atoms with Gasteiger partial charge in [-0.2, -0.15) is 0 Å². The van der Waals surface area contributed by atoms with E-state index in [2.05, 4.69) is 5.32 Å². The highest BCUT2D eigenvalue weighted by molar-refractivity contribution is 5.87. The number of methoxy groups -OCH3 is 1. The summed E-state index contributed by atoms with van der Waals surface area (Å²) in [6.07, 6.45) is -0.509. The second-order valence-corrected chi connectivity index (χ2v) is 7.01. The molecule has 5 heteroatoms. The summed E-state index contributed by atoms with van der Waals surface area (Å²) < 4.78 is 16.3. The molecule has 0 saturated heterocycles. The predicted molar refractivity (Wildman–Crippen MR) is 100 cm³/mol. The van der Waals surface area contributed by atoms with Gasteiger partial charge >= 0.3 is 6.09 Å². The van der Waals surface area contributed by atoms with E-state index in [1.54, 1.807) is 12.1 Å². The Morgan fingerprint density at radius 1 is 1.04 bits per heavy atom. The SMILES string of the molecule is COc1ccc([C@H](NC(=O)OC(C)(C)C)c2cccc3ccccc23)o1. The lowest BCUT2D eigenvalue weighted by Crippen LogP contribution is -2.35. The third-order valence-electron chi connectivity index (χ3n) is 3.88. The highest BCUT2D eigenvalue weighted by atomic mass is 16.6. The van der Waals surface area contributed by atoms with Crippen LogP contribution in [0.3, 0.4) is 0 Å². The Morgan fingerprint density at radius 3 is 2.46 bits per heavy atom. The third kappa shape index (κ3) is 3.99. The Balaban J connectivity index is 2.03. The van der Waals surface area contributed by atoms with Crippen LogP contribution < -0.4 is 10.1 Å².